The molecular formula is C12H19N3O. The summed E-state index contributed by atoms with van der Waals surface area (Å²) in [5.41, 5.74) is 13.8. The summed E-state index contributed by atoms with van der Waals surface area (Å²) < 4.78 is 5.46. The molecule has 0 bridgehead atoms. The van der Waals surface area contributed by atoms with Crippen LogP contribution in [0.5, 0.6) is 0 Å². The first-order valence-corrected chi connectivity index (χ1v) is 5.69. The molecule has 0 spiro atoms. The number of nitrogen functional groups attached to an aromatic ring is 1. The molecule has 0 amide bonds. The number of rotatable bonds is 5. The predicted octanol–water partition coefficient (Wildman–Crippen LogP) is 0.959. The Kier molecular flexibility index (Phi) is 3.41. The molecule has 2 atom stereocenters. The molecule has 1 aromatic rings. The van der Waals surface area contributed by atoms with E-state index in [0.29, 0.717) is 5.92 Å². The summed E-state index contributed by atoms with van der Waals surface area (Å²) in [6, 6.07) is 1.81. The SMILES string of the molecule is COC(C(N)Cc1cnccc1N)C1CC1. The molecule has 88 valence electrons. The van der Waals surface area contributed by atoms with Crippen LogP contribution in [-0.4, -0.2) is 24.2 Å². The van der Waals surface area contributed by atoms with Gasteiger partial charge in [-0.25, -0.2) is 0 Å². The van der Waals surface area contributed by atoms with Gasteiger partial charge < -0.3 is 16.2 Å². The molecule has 4 nitrogen and oxygen atoms in total. The zero-order chi connectivity index (χ0) is 11.5. The molecule has 1 fully saturated rings. The minimum Gasteiger partial charge on any atom is -0.398 e. The number of pyridine rings is 1. The van der Waals surface area contributed by atoms with Crippen molar-refractivity contribution in [3.63, 3.8) is 0 Å². The molecule has 4 heteroatoms. The zero-order valence-electron chi connectivity index (χ0n) is 9.60. The van der Waals surface area contributed by atoms with Gasteiger partial charge in [0.05, 0.1) is 6.10 Å². The molecule has 1 heterocycles. The maximum atomic E-state index is 6.16. The molecule has 2 rings (SSSR count). The van der Waals surface area contributed by atoms with Crippen LogP contribution in [0.3, 0.4) is 0 Å². The largest absolute Gasteiger partial charge is 0.398 e. The molecule has 4 N–H and O–H groups in total. The second kappa shape index (κ2) is 4.80. The minimum absolute atomic E-state index is 0.00370. The van der Waals surface area contributed by atoms with Crippen LogP contribution >= 0.6 is 0 Å². The van der Waals surface area contributed by atoms with Crippen molar-refractivity contribution >= 4 is 5.69 Å². The van der Waals surface area contributed by atoms with E-state index < -0.39 is 0 Å². The van der Waals surface area contributed by atoms with Crippen LogP contribution in [0.15, 0.2) is 18.5 Å². The quantitative estimate of drug-likeness (QED) is 0.776. The fourth-order valence-electron chi connectivity index (χ4n) is 2.12. The number of ether oxygens (including phenoxy) is 1. The maximum Gasteiger partial charge on any atom is 0.0753 e. The normalized spacial score (nSPS) is 19.4. The number of anilines is 1. The average Bonchev–Trinajstić information content (AvgIpc) is 3.07. The van der Waals surface area contributed by atoms with E-state index in [1.54, 1.807) is 25.6 Å². The third kappa shape index (κ3) is 2.51. The van der Waals surface area contributed by atoms with Crippen molar-refractivity contribution in [2.45, 2.75) is 31.4 Å². The highest BCUT2D eigenvalue weighted by Gasteiger charge is 2.35. The van der Waals surface area contributed by atoms with Crippen molar-refractivity contribution in [1.29, 1.82) is 0 Å². The number of aromatic nitrogens is 1. The lowest BCUT2D eigenvalue weighted by Crippen LogP contribution is -2.39. The maximum absolute atomic E-state index is 6.16. The van der Waals surface area contributed by atoms with Crippen molar-refractivity contribution in [1.82, 2.24) is 4.98 Å². The van der Waals surface area contributed by atoms with Gasteiger partial charge in [0.25, 0.3) is 0 Å². The highest BCUT2D eigenvalue weighted by molar-refractivity contribution is 5.44. The molecule has 0 aliphatic heterocycles. The average molecular weight is 221 g/mol. The molecule has 1 aliphatic carbocycles. The van der Waals surface area contributed by atoms with Crippen molar-refractivity contribution in [2.24, 2.45) is 11.7 Å². The van der Waals surface area contributed by atoms with Crippen molar-refractivity contribution in [2.75, 3.05) is 12.8 Å². The lowest BCUT2D eigenvalue weighted by atomic mass is 9.99. The molecule has 16 heavy (non-hydrogen) atoms. The van der Waals surface area contributed by atoms with Gasteiger partial charge in [0.1, 0.15) is 0 Å². The highest BCUT2D eigenvalue weighted by Crippen LogP contribution is 2.35. The third-order valence-electron chi connectivity index (χ3n) is 3.18. The Morgan fingerprint density at radius 3 is 2.88 bits per heavy atom. The summed E-state index contributed by atoms with van der Waals surface area (Å²) >= 11 is 0. The second-order valence-electron chi connectivity index (χ2n) is 4.48. The van der Waals surface area contributed by atoms with Crippen LogP contribution in [0.1, 0.15) is 18.4 Å². The number of hydrogen-bond acceptors (Lipinski definition) is 4. The first kappa shape index (κ1) is 11.4. The summed E-state index contributed by atoms with van der Waals surface area (Å²) in [5.74, 6) is 0.637. The van der Waals surface area contributed by atoms with Gasteiger partial charge in [0.15, 0.2) is 0 Å². The van der Waals surface area contributed by atoms with Gasteiger partial charge in [-0.2, -0.15) is 0 Å². The van der Waals surface area contributed by atoms with Gasteiger partial charge in [0.2, 0.25) is 0 Å². The van der Waals surface area contributed by atoms with E-state index in [4.69, 9.17) is 16.2 Å². The second-order valence-corrected chi connectivity index (χ2v) is 4.48. The molecule has 1 aliphatic rings. The van der Waals surface area contributed by atoms with E-state index in [2.05, 4.69) is 4.98 Å². The monoisotopic (exact) mass is 221 g/mol. The van der Waals surface area contributed by atoms with E-state index >= 15 is 0 Å². The Hall–Kier alpha value is -1.13. The number of methoxy groups -OCH3 is 1. The van der Waals surface area contributed by atoms with Crippen LogP contribution in [0, 0.1) is 5.92 Å². The van der Waals surface area contributed by atoms with Gasteiger partial charge in [0, 0.05) is 31.2 Å². The Bertz CT molecular complexity index is 352. The Morgan fingerprint density at radius 1 is 1.56 bits per heavy atom. The molecule has 0 aromatic carbocycles. The molecule has 0 saturated heterocycles. The van der Waals surface area contributed by atoms with Crippen LogP contribution in [0.25, 0.3) is 0 Å². The molecule has 2 unspecified atom stereocenters. The summed E-state index contributed by atoms with van der Waals surface area (Å²) in [4.78, 5) is 4.07. The van der Waals surface area contributed by atoms with Crippen molar-refractivity contribution < 1.29 is 4.74 Å². The number of hydrogen-bond donors (Lipinski definition) is 2. The summed E-state index contributed by atoms with van der Waals surface area (Å²) in [6.07, 6.45) is 6.83. The first-order chi connectivity index (χ1) is 7.72. The molecular weight excluding hydrogens is 202 g/mol. The van der Waals surface area contributed by atoms with Crippen LogP contribution in [-0.2, 0) is 11.2 Å². The van der Waals surface area contributed by atoms with Crippen molar-refractivity contribution in [3.8, 4) is 0 Å². The standard InChI is InChI=1S/C12H19N3O/c1-16-12(8-2-3-8)11(14)6-9-7-15-5-4-10(9)13/h4-5,7-8,11-12H,2-3,6,14H2,1H3,(H2,13,15). The highest BCUT2D eigenvalue weighted by atomic mass is 16.5. The first-order valence-electron chi connectivity index (χ1n) is 5.69. The van der Waals surface area contributed by atoms with Crippen LogP contribution < -0.4 is 11.5 Å². The topological polar surface area (TPSA) is 74.2 Å². The third-order valence-corrected chi connectivity index (χ3v) is 3.18. The lowest BCUT2D eigenvalue weighted by molar-refractivity contribution is 0.0627. The number of nitrogens with zero attached hydrogens (tertiary/aromatic N) is 1. The summed E-state index contributed by atoms with van der Waals surface area (Å²) in [6.45, 7) is 0. The Balaban J connectivity index is 2.00. The van der Waals surface area contributed by atoms with E-state index in [1.807, 2.05) is 0 Å². The summed E-state index contributed by atoms with van der Waals surface area (Å²) in [5, 5.41) is 0. The fraction of sp³-hybridized carbons (Fsp3) is 0.583. The lowest BCUT2D eigenvalue weighted by Gasteiger charge is -2.22. The van der Waals surface area contributed by atoms with Gasteiger partial charge in [-0.1, -0.05) is 0 Å². The van der Waals surface area contributed by atoms with Crippen molar-refractivity contribution in [3.05, 3.63) is 24.0 Å². The van der Waals surface area contributed by atoms with Gasteiger partial charge in [-0.15, -0.1) is 0 Å². The van der Waals surface area contributed by atoms with Gasteiger partial charge in [-0.3, -0.25) is 4.98 Å². The van der Waals surface area contributed by atoms with Gasteiger partial charge >= 0.3 is 0 Å². The Morgan fingerprint density at radius 2 is 2.31 bits per heavy atom. The molecule has 1 saturated carbocycles. The van der Waals surface area contributed by atoms with Crippen LogP contribution in [0.2, 0.25) is 0 Å². The van der Waals surface area contributed by atoms with E-state index in [9.17, 15) is 0 Å². The Labute approximate surface area is 96.0 Å². The fourth-order valence-corrected chi connectivity index (χ4v) is 2.12. The van der Waals surface area contributed by atoms with E-state index in [1.165, 1.54) is 12.8 Å². The smallest absolute Gasteiger partial charge is 0.0753 e. The summed E-state index contributed by atoms with van der Waals surface area (Å²) in [7, 11) is 1.73. The van der Waals surface area contributed by atoms with E-state index in [0.717, 1.165) is 17.7 Å². The predicted molar refractivity (Wildman–Crippen MR) is 63.8 cm³/mol. The van der Waals surface area contributed by atoms with Crippen LogP contribution in [0.4, 0.5) is 5.69 Å². The minimum atomic E-state index is 0.00370. The van der Waals surface area contributed by atoms with Gasteiger partial charge in [-0.05, 0) is 36.8 Å². The molecule has 1 aromatic heterocycles. The molecule has 0 radical (unpaired) electrons. The van der Waals surface area contributed by atoms with E-state index in [-0.39, 0.29) is 12.1 Å². The number of nitrogens with two attached hydrogens (primary N) is 2. The zero-order valence-corrected chi connectivity index (χ0v) is 9.60.